The molecule has 1 aliphatic rings. The van der Waals surface area contributed by atoms with E-state index in [2.05, 4.69) is 5.10 Å². The molecule has 1 aromatic carbocycles. The van der Waals surface area contributed by atoms with Gasteiger partial charge in [-0.15, -0.1) is 0 Å². The molecule has 0 radical (unpaired) electrons. The molecule has 0 aliphatic carbocycles. The maximum atomic E-state index is 12.8. The Labute approximate surface area is 135 Å². The van der Waals surface area contributed by atoms with Crippen LogP contribution in [-0.4, -0.2) is 48.7 Å². The van der Waals surface area contributed by atoms with Crippen molar-refractivity contribution < 1.29 is 13.2 Å². The first-order valence-electron chi connectivity index (χ1n) is 7.48. The largest absolute Gasteiger partial charge is 0.494 e. The number of aromatic nitrogens is 2. The maximum Gasteiger partial charge on any atom is 0.246 e. The Hall–Kier alpha value is -1.90. The van der Waals surface area contributed by atoms with Gasteiger partial charge >= 0.3 is 0 Å². The highest BCUT2D eigenvalue weighted by atomic mass is 32.2. The third-order valence-corrected chi connectivity index (χ3v) is 6.00. The van der Waals surface area contributed by atoms with E-state index < -0.39 is 10.0 Å². The summed E-state index contributed by atoms with van der Waals surface area (Å²) in [4.78, 5) is 0.170. The van der Waals surface area contributed by atoms with Gasteiger partial charge < -0.3 is 10.5 Å². The summed E-state index contributed by atoms with van der Waals surface area (Å²) in [5, 5.41) is 4.18. The fraction of sp³-hybridized carbons (Fsp3) is 0.400. The zero-order chi connectivity index (χ0) is 16.4. The van der Waals surface area contributed by atoms with Gasteiger partial charge in [-0.1, -0.05) is 12.1 Å². The molecule has 0 bridgehead atoms. The Morgan fingerprint density at radius 1 is 1.39 bits per heavy atom. The summed E-state index contributed by atoms with van der Waals surface area (Å²) in [6.07, 6.45) is 4.52. The Morgan fingerprint density at radius 2 is 2.17 bits per heavy atom. The van der Waals surface area contributed by atoms with Gasteiger partial charge in [0.25, 0.3) is 0 Å². The molecule has 124 valence electrons. The molecule has 3 rings (SSSR count). The average Bonchev–Trinajstić information content (AvgIpc) is 3.24. The predicted molar refractivity (Wildman–Crippen MR) is 86.1 cm³/mol. The zero-order valence-corrected chi connectivity index (χ0v) is 13.7. The average molecular weight is 336 g/mol. The molecule has 1 atom stereocenters. The molecule has 1 fully saturated rings. The number of benzene rings is 1. The molecule has 1 aliphatic heterocycles. The lowest BCUT2D eigenvalue weighted by molar-refractivity contribution is 0.393. The molecule has 0 amide bonds. The molecule has 2 heterocycles. The fourth-order valence-electron chi connectivity index (χ4n) is 2.89. The van der Waals surface area contributed by atoms with Crippen LogP contribution in [0.1, 0.15) is 12.8 Å². The van der Waals surface area contributed by atoms with Crippen LogP contribution in [0.2, 0.25) is 0 Å². The van der Waals surface area contributed by atoms with Crippen LogP contribution >= 0.6 is 0 Å². The Kier molecular flexibility index (Phi) is 4.38. The van der Waals surface area contributed by atoms with Crippen molar-refractivity contribution >= 4 is 10.0 Å². The van der Waals surface area contributed by atoms with Crippen molar-refractivity contribution in [1.29, 1.82) is 0 Å². The standard InChI is InChI=1S/C15H20N4O3S/c1-22-15-7-3-2-6-14(15)18-11-13(10-17-18)23(20,21)19-8-4-5-12(19)9-16/h2-3,6-7,10-12H,4-5,8-9,16H2,1H3/t12-/m0/s1. The molecule has 1 saturated heterocycles. The summed E-state index contributed by atoms with van der Waals surface area (Å²) in [7, 11) is -2.01. The fourth-order valence-corrected chi connectivity index (χ4v) is 4.52. The number of nitrogens with two attached hydrogens (primary N) is 1. The van der Waals surface area contributed by atoms with Crippen molar-refractivity contribution in [2.75, 3.05) is 20.2 Å². The first-order chi connectivity index (χ1) is 11.1. The van der Waals surface area contributed by atoms with Crippen LogP contribution in [0.5, 0.6) is 5.75 Å². The molecule has 0 unspecified atom stereocenters. The molecule has 0 saturated carbocycles. The number of rotatable bonds is 5. The number of sulfonamides is 1. The van der Waals surface area contributed by atoms with E-state index in [1.165, 1.54) is 21.4 Å². The molecular weight excluding hydrogens is 316 g/mol. The monoisotopic (exact) mass is 336 g/mol. The van der Waals surface area contributed by atoms with E-state index in [9.17, 15) is 8.42 Å². The van der Waals surface area contributed by atoms with Crippen molar-refractivity contribution in [2.24, 2.45) is 5.73 Å². The van der Waals surface area contributed by atoms with Gasteiger partial charge in [-0.2, -0.15) is 9.40 Å². The smallest absolute Gasteiger partial charge is 0.246 e. The topological polar surface area (TPSA) is 90.5 Å². The first-order valence-corrected chi connectivity index (χ1v) is 8.92. The summed E-state index contributed by atoms with van der Waals surface area (Å²) in [5.74, 6) is 0.626. The molecule has 7 nitrogen and oxygen atoms in total. The van der Waals surface area contributed by atoms with Crippen molar-refractivity contribution in [3.05, 3.63) is 36.7 Å². The molecule has 23 heavy (non-hydrogen) atoms. The van der Waals surface area contributed by atoms with E-state index in [0.717, 1.165) is 12.8 Å². The van der Waals surface area contributed by atoms with Crippen LogP contribution in [0.25, 0.3) is 5.69 Å². The van der Waals surface area contributed by atoms with Crippen LogP contribution in [-0.2, 0) is 10.0 Å². The molecule has 2 aromatic rings. The number of hydrogen-bond donors (Lipinski definition) is 1. The highest BCUT2D eigenvalue weighted by Crippen LogP contribution is 2.27. The minimum atomic E-state index is -3.58. The SMILES string of the molecule is COc1ccccc1-n1cc(S(=O)(=O)N2CCC[C@H]2CN)cn1. The Morgan fingerprint density at radius 3 is 2.91 bits per heavy atom. The van der Waals surface area contributed by atoms with E-state index in [4.69, 9.17) is 10.5 Å². The number of ether oxygens (including phenoxy) is 1. The van der Waals surface area contributed by atoms with E-state index in [1.54, 1.807) is 13.2 Å². The second-order valence-corrected chi connectivity index (χ2v) is 7.33. The minimum absolute atomic E-state index is 0.130. The van der Waals surface area contributed by atoms with Crippen LogP contribution < -0.4 is 10.5 Å². The molecule has 0 spiro atoms. The van der Waals surface area contributed by atoms with Crippen molar-refractivity contribution in [1.82, 2.24) is 14.1 Å². The van der Waals surface area contributed by atoms with Crippen LogP contribution in [0.4, 0.5) is 0 Å². The van der Waals surface area contributed by atoms with E-state index in [0.29, 0.717) is 24.5 Å². The van der Waals surface area contributed by atoms with Gasteiger partial charge in [0.05, 0.1) is 19.5 Å². The summed E-state index contributed by atoms with van der Waals surface area (Å²) >= 11 is 0. The summed E-state index contributed by atoms with van der Waals surface area (Å²) in [6, 6.07) is 7.18. The second kappa shape index (κ2) is 6.31. The predicted octanol–water partition coefficient (Wildman–Crippen LogP) is 0.993. The van der Waals surface area contributed by atoms with E-state index in [1.807, 2.05) is 18.2 Å². The van der Waals surface area contributed by atoms with Gasteiger partial charge in [0.15, 0.2) is 0 Å². The number of hydrogen-bond acceptors (Lipinski definition) is 5. The molecular formula is C15H20N4O3S. The lowest BCUT2D eigenvalue weighted by atomic mass is 10.2. The Balaban J connectivity index is 1.95. The Bertz CT molecular complexity index is 788. The first kappa shape index (κ1) is 16.0. The summed E-state index contributed by atoms with van der Waals surface area (Å²) < 4.78 is 33.9. The highest BCUT2D eigenvalue weighted by Gasteiger charge is 2.35. The highest BCUT2D eigenvalue weighted by molar-refractivity contribution is 7.89. The van der Waals surface area contributed by atoms with E-state index in [-0.39, 0.29) is 10.9 Å². The summed E-state index contributed by atoms with van der Waals surface area (Å²) in [6.45, 7) is 0.837. The van der Waals surface area contributed by atoms with Crippen molar-refractivity contribution in [3.63, 3.8) is 0 Å². The quantitative estimate of drug-likeness (QED) is 0.879. The number of nitrogens with zero attached hydrogens (tertiary/aromatic N) is 3. The molecule has 2 N–H and O–H groups in total. The number of para-hydroxylation sites is 2. The minimum Gasteiger partial charge on any atom is -0.494 e. The van der Waals surface area contributed by atoms with Gasteiger partial charge in [-0.3, -0.25) is 0 Å². The number of methoxy groups -OCH3 is 1. The third kappa shape index (κ3) is 2.85. The van der Waals surface area contributed by atoms with Crippen molar-refractivity contribution in [2.45, 2.75) is 23.8 Å². The molecule has 1 aromatic heterocycles. The maximum absolute atomic E-state index is 12.8. The van der Waals surface area contributed by atoms with Crippen LogP contribution in [0, 0.1) is 0 Å². The van der Waals surface area contributed by atoms with Crippen molar-refractivity contribution in [3.8, 4) is 11.4 Å². The lowest BCUT2D eigenvalue weighted by Crippen LogP contribution is -2.39. The molecule has 8 heteroatoms. The van der Waals surface area contributed by atoms with Gasteiger partial charge in [0.2, 0.25) is 10.0 Å². The van der Waals surface area contributed by atoms with Gasteiger partial charge in [-0.05, 0) is 25.0 Å². The van der Waals surface area contributed by atoms with Crippen LogP contribution in [0.3, 0.4) is 0 Å². The summed E-state index contributed by atoms with van der Waals surface area (Å²) in [5.41, 5.74) is 6.38. The third-order valence-electron chi connectivity index (χ3n) is 4.09. The normalized spacial score (nSPS) is 19.1. The van der Waals surface area contributed by atoms with Gasteiger partial charge in [0.1, 0.15) is 16.3 Å². The zero-order valence-electron chi connectivity index (χ0n) is 12.9. The van der Waals surface area contributed by atoms with Crippen LogP contribution in [0.15, 0.2) is 41.6 Å². The van der Waals surface area contributed by atoms with Gasteiger partial charge in [-0.25, -0.2) is 13.1 Å². The lowest BCUT2D eigenvalue weighted by Gasteiger charge is -2.21. The van der Waals surface area contributed by atoms with E-state index >= 15 is 0 Å². The van der Waals surface area contributed by atoms with Gasteiger partial charge in [0, 0.05) is 19.1 Å². The second-order valence-electron chi connectivity index (χ2n) is 5.44.